The van der Waals surface area contributed by atoms with Crippen LogP contribution >= 0.6 is 8.60 Å². The minimum Gasteiger partial charge on any atom is -0.431 e. The van der Waals surface area contributed by atoms with E-state index in [0.717, 1.165) is 24.2 Å². The summed E-state index contributed by atoms with van der Waals surface area (Å²) < 4.78 is 25.1. The zero-order valence-electron chi connectivity index (χ0n) is 28.8. The van der Waals surface area contributed by atoms with Gasteiger partial charge in [-0.1, -0.05) is 74.7 Å². The van der Waals surface area contributed by atoms with Crippen molar-refractivity contribution < 1.29 is 18.0 Å². The highest BCUT2D eigenvalue weighted by molar-refractivity contribution is 7.41. The zero-order valence-corrected chi connectivity index (χ0v) is 30.7. The first kappa shape index (κ1) is 33.9. The van der Waals surface area contributed by atoms with Crippen molar-refractivity contribution in [3.63, 3.8) is 0 Å². The Hall–Kier alpha value is 0.0669. The SMILES string of the molecule is COP(OC)OC1=CC2C[C@@H](O[Si](C)(C)C(C)(C)C)CC[C@]2(C)C2CC[C@]3(C)C(C(C)CCCC(C)C)CCC3C12. The van der Waals surface area contributed by atoms with Crippen LogP contribution in [0.2, 0.25) is 18.1 Å². The van der Waals surface area contributed by atoms with Gasteiger partial charge in [0.25, 0.3) is 0 Å². The summed E-state index contributed by atoms with van der Waals surface area (Å²) >= 11 is 0. The fourth-order valence-corrected chi connectivity index (χ4v) is 11.7. The van der Waals surface area contributed by atoms with E-state index in [9.17, 15) is 0 Å². The van der Waals surface area contributed by atoms with Crippen molar-refractivity contribution in [2.45, 2.75) is 144 Å². The molecule has 3 saturated carbocycles. The summed E-state index contributed by atoms with van der Waals surface area (Å²) in [4.78, 5) is 0. The highest BCUT2D eigenvalue weighted by Gasteiger charge is 2.62. The van der Waals surface area contributed by atoms with Gasteiger partial charge in [0.05, 0.1) is 0 Å². The van der Waals surface area contributed by atoms with Crippen LogP contribution in [0.15, 0.2) is 11.8 Å². The van der Waals surface area contributed by atoms with Crippen molar-refractivity contribution in [1.29, 1.82) is 0 Å². The van der Waals surface area contributed by atoms with Crippen LogP contribution < -0.4 is 0 Å². The van der Waals surface area contributed by atoms with Gasteiger partial charge in [-0.2, -0.15) is 0 Å². The largest absolute Gasteiger partial charge is 0.431 e. The first-order chi connectivity index (χ1) is 19.1. The van der Waals surface area contributed by atoms with Crippen LogP contribution in [0.4, 0.5) is 0 Å². The third-order valence-corrected chi connectivity index (χ3v) is 18.6. The van der Waals surface area contributed by atoms with Crippen LogP contribution in [0.1, 0.15) is 120 Å². The number of allylic oxidation sites excluding steroid dienone is 2. The Morgan fingerprint density at radius 2 is 1.56 bits per heavy atom. The molecule has 0 aliphatic heterocycles. The average molecular weight is 609 g/mol. The van der Waals surface area contributed by atoms with Gasteiger partial charge in [0.15, 0.2) is 8.32 Å². The molecule has 0 N–H and O–H groups in total. The molecular formula is C35H65O4PSi. The summed E-state index contributed by atoms with van der Waals surface area (Å²) in [6.07, 6.45) is 16.0. The van der Waals surface area contributed by atoms with Crippen molar-refractivity contribution in [1.82, 2.24) is 0 Å². The monoisotopic (exact) mass is 608 g/mol. The molecule has 4 nitrogen and oxygen atoms in total. The minimum absolute atomic E-state index is 0.237. The topological polar surface area (TPSA) is 36.9 Å². The third kappa shape index (κ3) is 6.70. The van der Waals surface area contributed by atoms with Gasteiger partial charge in [-0.05, 0) is 115 Å². The smallest absolute Gasteiger partial charge is 0.396 e. The zero-order chi connectivity index (χ0) is 30.4. The molecule has 0 heterocycles. The predicted octanol–water partition coefficient (Wildman–Crippen LogP) is 11.1. The minimum atomic E-state index is -1.81. The van der Waals surface area contributed by atoms with Crippen LogP contribution in [-0.4, -0.2) is 28.6 Å². The maximum absolute atomic E-state index is 7.03. The Morgan fingerprint density at radius 3 is 2.17 bits per heavy atom. The average Bonchev–Trinajstić information content (AvgIpc) is 3.23. The van der Waals surface area contributed by atoms with E-state index in [4.69, 9.17) is 18.0 Å². The van der Waals surface area contributed by atoms with Crippen molar-refractivity contribution in [2.75, 3.05) is 14.2 Å². The second-order valence-corrected chi connectivity index (χ2v) is 23.0. The summed E-state index contributed by atoms with van der Waals surface area (Å²) in [7, 11) is 0.263. The second-order valence-electron chi connectivity index (χ2n) is 16.9. The van der Waals surface area contributed by atoms with E-state index in [1.54, 1.807) is 14.2 Å². The van der Waals surface area contributed by atoms with Gasteiger partial charge in [-0.3, -0.25) is 0 Å². The Labute approximate surface area is 256 Å². The molecule has 0 radical (unpaired) electrons. The molecular weight excluding hydrogens is 543 g/mol. The molecule has 4 aliphatic rings. The van der Waals surface area contributed by atoms with Crippen molar-refractivity contribution in [3.8, 4) is 0 Å². The predicted molar refractivity (Wildman–Crippen MR) is 176 cm³/mol. The van der Waals surface area contributed by atoms with Crippen molar-refractivity contribution in [2.24, 2.45) is 52.3 Å². The lowest BCUT2D eigenvalue weighted by Crippen LogP contribution is -2.55. The highest BCUT2D eigenvalue weighted by atomic mass is 31.2. The standard InChI is InChI=1S/C35H65O4PSi/c1-24(2)14-13-15-25(3)28-16-17-29-32-30(19-21-35(28,29)8)34(7)20-18-27(39-41(11,12)33(4,5)6)22-26(34)23-31(32)38-40(36-9)37-10/h23-30,32H,13-22H2,1-12H3/t25?,26?,27-,28?,29?,30?,32?,34-,35+/m0/s1. The van der Waals surface area contributed by atoms with Crippen LogP contribution in [0.3, 0.4) is 0 Å². The summed E-state index contributed by atoms with van der Waals surface area (Å²) in [5.41, 5.74) is 0.714. The van der Waals surface area contributed by atoms with Gasteiger partial charge in [0, 0.05) is 26.2 Å². The van der Waals surface area contributed by atoms with E-state index < -0.39 is 16.9 Å². The summed E-state index contributed by atoms with van der Waals surface area (Å²) in [5.74, 6) is 5.97. The summed E-state index contributed by atoms with van der Waals surface area (Å²) in [6, 6.07) is 0. The number of rotatable bonds is 11. The van der Waals surface area contributed by atoms with E-state index in [0.29, 0.717) is 40.6 Å². The molecule has 6 heteroatoms. The molecule has 0 amide bonds. The second kappa shape index (κ2) is 12.8. The molecule has 0 bridgehead atoms. The fraction of sp³-hybridized carbons (Fsp3) is 0.943. The lowest BCUT2D eigenvalue weighted by Gasteiger charge is -2.60. The molecule has 41 heavy (non-hydrogen) atoms. The van der Waals surface area contributed by atoms with E-state index in [1.807, 2.05) is 0 Å². The van der Waals surface area contributed by atoms with E-state index in [1.165, 1.54) is 63.5 Å². The van der Waals surface area contributed by atoms with Crippen LogP contribution in [0.25, 0.3) is 0 Å². The molecule has 0 aromatic rings. The molecule has 6 unspecified atom stereocenters. The molecule has 0 spiro atoms. The first-order valence-corrected chi connectivity index (χ1v) is 21.0. The van der Waals surface area contributed by atoms with E-state index in [-0.39, 0.29) is 5.04 Å². The fourth-order valence-electron chi connectivity index (χ4n) is 9.68. The highest BCUT2D eigenvalue weighted by Crippen LogP contribution is 2.69. The molecule has 238 valence electrons. The van der Waals surface area contributed by atoms with Crippen LogP contribution in [-0.2, 0) is 18.0 Å². The number of hydrogen-bond donors (Lipinski definition) is 0. The van der Waals surface area contributed by atoms with Crippen LogP contribution in [0.5, 0.6) is 0 Å². The lowest BCUT2D eigenvalue weighted by atomic mass is 9.46. The summed E-state index contributed by atoms with van der Waals surface area (Å²) in [5, 5.41) is 0.237. The van der Waals surface area contributed by atoms with Crippen LogP contribution in [0, 0.1) is 52.3 Å². The van der Waals surface area contributed by atoms with Gasteiger partial charge >= 0.3 is 8.60 Å². The molecule has 4 rings (SSSR count). The van der Waals surface area contributed by atoms with Gasteiger partial charge in [0.1, 0.15) is 5.76 Å². The molecule has 4 aliphatic carbocycles. The van der Waals surface area contributed by atoms with Gasteiger partial charge < -0.3 is 18.0 Å². The lowest BCUT2D eigenvalue weighted by molar-refractivity contribution is -0.0953. The molecule has 9 atom stereocenters. The Bertz CT molecular complexity index is 910. The van der Waals surface area contributed by atoms with E-state index in [2.05, 4.69) is 74.6 Å². The summed E-state index contributed by atoms with van der Waals surface area (Å²) in [6.45, 7) is 24.5. The maximum atomic E-state index is 7.03. The normalized spacial score (nSPS) is 38.3. The number of hydrogen-bond acceptors (Lipinski definition) is 4. The molecule has 3 fully saturated rings. The third-order valence-electron chi connectivity index (χ3n) is 13.1. The quantitative estimate of drug-likeness (QED) is 0.173. The number of fused-ring (bicyclic) bond motifs is 5. The maximum Gasteiger partial charge on any atom is 0.396 e. The van der Waals surface area contributed by atoms with E-state index >= 15 is 0 Å². The van der Waals surface area contributed by atoms with Crippen molar-refractivity contribution in [3.05, 3.63) is 11.8 Å². The Kier molecular flexibility index (Phi) is 10.6. The van der Waals surface area contributed by atoms with Gasteiger partial charge in [-0.25, -0.2) is 0 Å². The Balaban J connectivity index is 1.62. The molecule has 0 aromatic heterocycles. The van der Waals surface area contributed by atoms with Gasteiger partial charge in [-0.15, -0.1) is 0 Å². The van der Waals surface area contributed by atoms with Crippen molar-refractivity contribution >= 4 is 16.9 Å². The molecule has 0 saturated heterocycles. The Morgan fingerprint density at radius 1 is 0.927 bits per heavy atom. The van der Waals surface area contributed by atoms with Gasteiger partial charge in [0.2, 0.25) is 0 Å². The molecule has 0 aromatic carbocycles. The first-order valence-electron chi connectivity index (χ1n) is 17.0.